The number of hydrogen-bond acceptors (Lipinski definition) is 3. The lowest BCUT2D eigenvalue weighted by molar-refractivity contribution is 0.0734. The third kappa shape index (κ3) is 9.37. The van der Waals surface area contributed by atoms with Crippen molar-refractivity contribution in [3.05, 3.63) is 96.6 Å². The third-order valence-electron chi connectivity index (χ3n) is 6.33. The molecule has 0 aromatic heterocycles. The Labute approximate surface area is 217 Å². The first-order valence-corrected chi connectivity index (χ1v) is 13.4. The second kappa shape index (κ2) is 15.6. The van der Waals surface area contributed by atoms with Gasteiger partial charge in [-0.05, 0) is 85.2 Å². The summed E-state index contributed by atoms with van der Waals surface area (Å²) in [5.74, 6) is 0.911. The zero-order valence-electron chi connectivity index (χ0n) is 21.7. The smallest absolute Gasteiger partial charge is 0.343 e. The van der Waals surface area contributed by atoms with Crippen LogP contribution in [0.2, 0.25) is 0 Å². The number of carbonyl (C=O) groups is 1. The molecule has 0 radical (unpaired) electrons. The average molecular weight is 485 g/mol. The van der Waals surface area contributed by atoms with Crippen LogP contribution in [0, 0.1) is 0 Å². The fraction of sp³-hybridized carbons (Fsp3) is 0.364. The Kier molecular flexibility index (Phi) is 11.8. The predicted molar refractivity (Wildman–Crippen MR) is 150 cm³/mol. The van der Waals surface area contributed by atoms with Gasteiger partial charge in [0.15, 0.2) is 0 Å². The van der Waals surface area contributed by atoms with Crippen LogP contribution in [0.15, 0.2) is 85.5 Å². The van der Waals surface area contributed by atoms with Crippen molar-refractivity contribution in [3.63, 3.8) is 0 Å². The van der Waals surface area contributed by atoms with Crippen molar-refractivity contribution in [2.24, 2.45) is 0 Å². The van der Waals surface area contributed by atoms with E-state index < -0.39 is 0 Å². The molecule has 3 heteroatoms. The van der Waals surface area contributed by atoms with E-state index >= 15 is 0 Å². The normalized spacial score (nSPS) is 10.7. The molecule has 0 fully saturated rings. The van der Waals surface area contributed by atoms with Crippen molar-refractivity contribution < 1.29 is 14.3 Å². The molecule has 0 bridgehead atoms. The van der Waals surface area contributed by atoms with Gasteiger partial charge in [0.2, 0.25) is 0 Å². The Morgan fingerprint density at radius 2 is 1.33 bits per heavy atom. The van der Waals surface area contributed by atoms with Gasteiger partial charge in [-0.3, -0.25) is 0 Å². The molecular weight excluding hydrogens is 444 g/mol. The van der Waals surface area contributed by atoms with E-state index in [2.05, 4.69) is 37.8 Å². The first-order valence-electron chi connectivity index (χ1n) is 13.4. The topological polar surface area (TPSA) is 35.5 Å². The summed E-state index contributed by atoms with van der Waals surface area (Å²) in [6, 6.07) is 23.6. The van der Waals surface area contributed by atoms with Crippen LogP contribution < -0.4 is 9.47 Å². The second-order valence-electron chi connectivity index (χ2n) is 9.29. The van der Waals surface area contributed by atoms with Gasteiger partial charge in [0.05, 0.1) is 12.2 Å². The van der Waals surface area contributed by atoms with Crippen molar-refractivity contribution in [2.75, 3.05) is 6.61 Å². The number of hydrogen-bond donors (Lipinski definition) is 0. The molecule has 0 heterocycles. The number of esters is 1. The zero-order chi connectivity index (χ0) is 25.4. The highest BCUT2D eigenvalue weighted by atomic mass is 16.5. The van der Waals surface area contributed by atoms with Crippen molar-refractivity contribution in [1.29, 1.82) is 0 Å². The number of allylic oxidation sites excluding steroid dienone is 1. The quantitative estimate of drug-likeness (QED) is 0.0879. The average Bonchev–Trinajstić information content (AvgIpc) is 2.92. The molecule has 0 unspecified atom stereocenters. The molecule has 190 valence electrons. The van der Waals surface area contributed by atoms with E-state index in [-0.39, 0.29) is 5.97 Å². The highest BCUT2D eigenvalue weighted by Crippen LogP contribution is 2.23. The van der Waals surface area contributed by atoms with Crippen molar-refractivity contribution >= 4 is 5.97 Å². The van der Waals surface area contributed by atoms with Gasteiger partial charge in [-0.25, -0.2) is 4.79 Å². The van der Waals surface area contributed by atoms with E-state index in [1.165, 1.54) is 44.1 Å². The molecule has 0 spiro atoms. The van der Waals surface area contributed by atoms with Gasteiger partial charge < -0.3 is 9.47 Å². The largest absolute Gasteiger partial charge is 0.494 e. The van der Waals surface area contributed by atoms with Crippen LogP contribution in [0.5, 0.6) is 11.5 Å². The van der Waals surface area contributed by atoms with Crippen LogP contribution in [0.3, 0.4) is 0 Å². The van der Waals surface area contributed by atoms with E-state index in [4.69, 9.17) is 9.47 Å². The van der Waals surface area contributed by atoms with Crippen molar-refractivity contribution in [3.8, 4) is 22.6 Å². The first-order chi connectivity index (χ1) is 17.7. The van der Waals surface area contributed by atoms with E-state index in [1.807, 2.05) is 42.5 Å². The predicted octanol–water partition coefficient (Wildman–Crippen LogP) is 9.21. The molecule has 3 aromatic rings. The number of rotatable bonds is 16. The molecule has 0 aliphatic heterocycles. The SMILES string of the molecule is C=CCCCCOc1ccc(OC(=O)c2ccc(-c3ccc(CCCCCCCC)cc3)cc2)cc1. The minimum atomic E-state index is -0.367. The van der Waals surface area contributed by atoms with Crippen LogP contribution in [-0.2, 0) is 6.42 Å². The van der Waals surface area contributed by atoms with Gasteiger partial charge >= 0.3 is 5.97 Å². The summed E-state index contributed by atoms with van der Waals surface area (Å²) in [6.45, 7) is 6.65. The fourth-order valence-corrected chi connectivity index (χ4v) is 4.12. The molecule has 3 nitrogen and oxygen atoms in total. The molecule has 0 aliphatic carbocycles. The van der Waals surface area contributed by atoms with Gasteiger partial charge in [0.25, 0.3) is 0 Å². The van der Waals surface area contributed by atoms with Gasteiger partial charge in [-0.1, -0.05) is 81.5 Å². The Balaban J connectivity index is 1.45. The number of aryl methyl sites for hydroxylation is 1. The Morgan fingerprint density at radius 1 is 0.722 bits per heavy atom. The maximum atomic E-state index is 12.6. The number of carbonyl (C=O) groups excluding carboxylic acids is 1. The minimum Gasteiger partial charge on any atom is -0.494 e. The summed E-state index contributed by atoms with van der Waals surface area (Å²) in [4.78, 5) is 12.6. The molecule has 0 N–H and O–H groups in total. The second-order valence-corrected chi connectivity index (χ2v) is 9.29. The lowest BCUT2D eigenvalue weighted by Gasteiger charge is -2.08. The highest BCUT2D eigenvalue weighted by molar-refractivity contribution is 5.91. The maximum Gasteiger partial charge on any atom is 0.343 e. The Morgan fingerprint density at radius 3 is 2.00 bits per heavy atom. The van der Waals surface area contributed by atoms with Crippen molar-refractivity contribution in [1.82, 2.24) is 0 Å². The summed E-state index contributed by atoms with van der Waals surface area (Å²) in [5, 5.41) is 0. The molecule has 0 saturated heterocycles. The number of ether oxygens (including phenoxy) is 2. The number of benzene rings is 3. The molecular formula is C33H40O3. The van der Waals surface area contributed by atoms with Crippen LogP contribution >= 0.6 is 0 Å². The lowest BCUT2D eigenvalue weighted by Crippen LogP contribution is -2.08. The fourth-order valence-electron chi connectivity index (χ4n) is 4.12. The van der Waals surface area contributed by atoms with E-state index in [0.717, 1.165) is 42.6 Å². The molecule has 0 amide bonds. The van der Waals surface area contributed by atoms with E-state index in [1.54, 1.807) is 12.1 Å². The molecule has 0 aliphatic rings. The Bertz CT molecular complexity index is 1030. The summed E-state index contributed by atoms with van der Waals surface area (Å²) in [7, 11) is 0. The molecule has 3 rings (SSSR count). The monoisotopic (exact) mass is 484 g/mol. The zero-order valence-corrected chi connectivity index (χ0v) is 21.7. The van der Waals surface area contributed by atoms with Gasteiger partial charge in [-0.15, -0.1) is 6.58 Å². The molecule has 0 atom stereocenters. The van der Waals surface area contributed by atoms with E-state index in [9.17, 15) is 4.79 Å². The highest BCUT2D eigenvalue weighted by Gasteiger charge is 2.09. The van der Waals surface area contributed by atoms with Crippen molar-refractivity contribution in [2.45, 2.75) is 71.1 Å². The summed E-state index contributed by atoms with van der Waals surface area (Å²) in [6.07, 6.45) is 14.0. The van der Waals surface area contributed by atoms with Crippen LogP contribution in [-0.4, -0.2) is 12.6 Å². The number of unbranched alkanes of at least 4 members (excludes halogenated alkanes) is 7. The molecule has 0 saturated carbocycles. The maximum absolute atomic E-state index is 12.6. The van der Waals surface area contributed by atoms with E-state index in [0.29, 0.717) is 17.9 Å². The van der Waals surface area contributed by atoms with Gasteiger partial charge in [0, 0.05) is 0 Å². The van der Waals surface area contributed by atoms with Crippen LogP contribution in [0.4, 0.5) is 0 Å². The van der Waals surface area contributed by atoms with Gasteiger partial charge in [-0.2, -0.15) is 0 Å². The van der Waals surface area contributed by atoms with Crippen LogP contribution in [0.25, 0.3) is 11.1 Å². The first kappa shape index (κ1) is 27.3. The summed E-state index contributed by atoms with van der Waals surface area (Å²) in [5.41, 5.74) is 4.16. The summed E-state index contributed by atoms with van der Waals surface area (Å²) >= 11 is 0. The standard InChI is InChI=1S/C33H40O3/c1-3-5-7-9-10-11-13-27-14-16-28(17-15-27)29-18-20-30(21-19-29)33(34)36-32-24-22-31(23-25-32)35-26-12-8-6-4-2/h4,14-25H,2-3,5-13,26H2,1H3. The van der Waals surface area contributed by atoms with Gasteiger partial charge in [0.1, 0.15) is 11.5 Å². The summed E-state index contributed by atoms with van der Waals surface area (Å²) < 4.78 is 11.3. The molecule has 36 heavy (non-hydrogen) atoms. The van der Waals surface area contributed by atoms with Crippen LogP contribution in [0.1, 0.15) is 80.6 Å². The Hall–Kier alpha value is -3.33. The third-order valence-corrected chi connectivity index (χ3v) is 6.33. The minimum absolute atomic E-state index is 0.367. The molecule has 3 aromatic carbocycles. The lowest BCUT2D eigenvalue weighted by atomic mass is 10.00.